The predicted molar refractivity (Wildman–Crippen MR) is 75.1 cm³/mol. The zero-order chi connectivity index (χ0) is 15.0. The zero-order valence-corrected chi connectivity index (χ0v) is 11.3. The van der Waals surface area contributed by atoms with E-state index >= 15 is 0 Å². The second-order valence-corrected chi connectivity index (χ2v) is 5.14. The molecule has 1 atom stereocenters. The van der Waals surface area contributed by atoms with E-state index in [1.165, 1.54) is 29.3 Å². The first-order valence-corrected chi connectivity index (χ1v) is 6.77. The number of nitrogens with two attached hydrogens (primary N) is 1. The van der Waals surface area contributed by atoms with E-state index < -0.39 is 11.9 Å². The fourth-order valence-electron chi connectivity index (χ4n) is 2.39. The minimum atomic E-state index is -0.712. The summed E-state index contributed by atoms with van der Waals surface area (Å²) in [7, 11) is 0. The summed E-state index contributed by atoms with van der Waals surface area (Å²) in [5.41, 5.74) is 6.24. The second kappa shape index (κ2) is 5.16. The minimum Gasteiger partial charge on any atom is -0.368 e. The van der Waals surface area contributed by atoms with Crippen molar-refractivity contribution in [1.29, 1.82) is 0 Å². The summed E-state index contributed by atoms with van der Waals surface area (Å²) < 4.78 is 13.0. The summed E-state index contributed by atoms with van der Waals surface area (Å²) in [5, 5.41) is 5.63. The lowest BCUT2D eigenvalue weighted by Crippen LogP contribution is -2.46. The number of amides is 2. The maximum atomic E-state index is 13.0. The van der Waals surface area contributed by atoms with Crippen LogP contribution < -0.4 is 10.7 Å². The topological polar surface area (TPSA) is 79.0 Å². The third-order valence-corrected chi connectivity index (χ3v) is 3.72. The van der Waals surface area contributed by atoms with Gasteiger partial charge in [-0.25, -0.2) is 4.39 Å². The van der Waals surface area contributed by atoms with Crippen LogP contribution in [-0.2, 0) is 9.59 Å². The number of carbonyl (C=O) groups excluding carboxylic acids is 2. The Morgan fingerprint density at radius 1 is 1.24 bits per heavy atom. The Labute approximate surface area is 121 Å². The van der Waals surface area contributed by atoms with Gasteiger partial charge in [0.15, 0.2) is 0 Å². The van der Waals surface area contributed by atoms with Crippen LogP contribution >= 0.6 is 0 Å². The number of benzene rings is 1. The van der Waals surface area contributed by atoms with E-state index in [1.807, 2.05) is 0 Å². The van der Waals surface area contributed by atoms with Gasteiger partial charge in [0.25, 0.3) is 5.91 Å². The molecule has 0 aromatic heterocycles. The zero-order valence-electron chi connectivity index (χ0n) is 11.3. The minimum absolute atomic E-state index is 0.155. The molecule has 0 radical (unpaired) electrons. The van der Waals surface area contributed by atoms with Crippen molar-refractivity contribution in [3.63, 3.8) is 0 Å². The number of likely N-dealkylation sites (tertiary alicyclic amines) is 1. The van der Waals surface area contributed by atoms with Crippen LogP contribution in [0.5, 0.6) is 0 Å². The maximum absolute atomic E-state index is 13.0. The van der Waals surface area contributed by atoms with E-state index in [9.17, 15) is 14.0 Å². The molecule has 1 aromatic rings. The highest BCUT2D eigenvalue weighted by molar-refractivity contribution is 6.40. The quantitative estimate of drug-likeness (QED) is 0.879. The Balaban J connectivity index is 1.87. The molecule has 1 saturated heterocycles. The van der Waals surface area contributed by atoms with Crippen molar-refractivity contribution in [3.8, 4) is 0 Å². The van der Waals surface area contributed by atoms with Gasteiger partial charge < -0.3 is 10.6 Å². The first kappa shape index (κ1) is 13.5. The van der Waals surface area contributed by atoms with Crippen LogP contribution in [0.25, 0.3) is 0 Å². The van der Waals surface area contributed by atoms with Crippen molar-refractivity contribution < 1.29 is 14.0 Å². The van der Waals surface area contributed by atoms with Gasteiger partial charge >= 0.3 is 0 Å². The molecule has 2 aliphatic rings. The van der Waals surface area contributed by atoms with Gasteiger partial charge in [-0.1, -0.05) is 0 Å². The van der Waals surface area contributed by atoms with Crippen molar-refractivity contribution in [2.75, 3.05) is 18.1 Å². The smallest absolute Gasteiger partial charge is 0.270 e. The summed E-state index contributed by atoms with van der Waals surface area (Å²) in [6.07, 6.45) is 1.17. The summed E-state index contributed by atoms with van der Waals surface area (Å²) in [5.74, 6) is -1.10. The number of hydrazone groups is 1. The Hall–Kier alpha value is -2.44. The molecule has 0 saturated carbocycles. The van der Waals surface area contributed by atoms with E-state index in [0.717, 1.165) is 19.5 Å². The molecule has 0 aliphatic carbocycles. The lowest BCUT2D eigenvalue weighted by atomic mass is 10.1. The lowest BCUT2D eigenvalue weighted by molar-refractivity contribution is -0.127. The molecule has 7 heteroatoms. The van der Waals surface area contributed by atoms with Gasteiger partial charge in [0.2, 0.25) is 5.91 Å². The van der Waals surface area contributed by atoms with E-state index in [4.69, 9.17) is 5.73 Å². The molecule has 0 bridgehead atoms. The van der Waals surface area contributed by atoms with Gasteiger partial charge in [0.1, 0.15) is 17.6 Å². The van der Waals surface area contributed by atoms with Gasteiger partial charge in [0.05, 0.1) is 5.69 Å². The average Bonchev–Trinajstić information content (AvgIpc) is 2.82. The van der Waals surface area contributed by atoms with Crippen LogP contribution in [-0.4, -0.2) is 41.6 Å². The fraction of sp³-hybridized carbons (Fsp3) is 0.357. The third-order valence-electron chi connectivity index (χ3n) is 3.72. The molecule has 2 heterocycles. The van der Waals surface area contributed by atoms with Gasteiger partial charge in [-0.05, 0) is 30.7 Å². The first-order chi connectivity index (χ1) is 10.1. The van der Waals surface area contributed by atoms with E-state index in [0.29, 0.717) is 11.4 Å². The molecule has 2 aliphatic heterocycles. The monoisotopic (exact) mass is 290 g/mol. The van der Waals surface area contributed by atoms with Crippen LogP contribution in [0.2, 0.25) is 0 Å². The summed E-state index contributed by atoms with van der Waals surface area (Å²) in [4.78, 5) is 25.5. The lowest BCUT2D eigenvalue weighted by Gasteiger charge is -2.30. The molecule has 2 amide bonds. The molecule has 110 valence electrons. The normalized spacial score (nSPS) is 21.0. The highest BCUT2D eigenvalue weighted by atomic mass is 19.1. The first-order valence-electron chi connectivity index (χ1n) is 6.77. The molecule has 1 fully saturated rings. The molecule has 0 spiro atoms. The largest absolute Gasteiger partial charge is 0.368 e. The molecule has 21 heavy (non-hydrogen) atoms. The number of carbonyl (C=O) groups is 2. The Morgan fingerprint density at radius 3 is 2.43 bits per heavy atom. The van der Waals surface area contributed by atoms with E-state index in [-0.39, 0.29) is 18.1 Å². The molecule has 1 aromatic carbocycles. The van der Waals surface area contributed by atoms with Gasteiger partial charge in [-0.2, -0.15) is 5.10 Å². The number of primary amides is 1. The highest BCUT2D eigenvalue weighted by Gasteiger charge is 2.37. The highest BCUT2D eigenvalue weighted by Crippen LogP contribution is 2.26. The number of hydrogen-bond donors (Lipinski definition) is 1. The third kappa shape index (κ3) is 2.46. The number of nitrogens with zero attached hydrogens (tertiary/aromatic N) is 3. The van der Waals surface area contributed by atoms with Crippen molar-refractivity contribution in [1.82, 2.24) is 4.90 Å². The van der Waals surface area contributed by atoms with Crippen molar-refractivity contribution in [2.24, 2.45) is 10.8 Å². The van der Waals surface area contributed by atoms with Crippen LogP contribution in [0, 0.1) is 5.82 Å². The maximum Gasteiger partial charge on any atom is 0.270 e. The van der Waals surface area contributed by atoms with Crippen LogP contribution in [0.4, 0.5) is 10.1 Å². The van der Waals surface area contributed by atoms with Crippen molar-refractivity contribution in [2.45, 2.75) is 18.9 Å². The summed E-state index contributed by atoms with van der Waals surface area (Å²) >= 11 is 0. The number of rotatable bonds is 3. The van der Waals surface area contributed by atoms with E-state index in [1.54, 1.807) is 4.90 Å². The standard InChI is InChI=1S/C14H15FN4O2/c15-9-2-4-10(5-3-9)19-12(13(16)20)8-11(17-19)14(21)18-6-1-7-18/h2-5,12H,1,6-8H2,(H2,16,20). The fourth-order valence-corrected chi connectivity index (χ4v) is 2.39. The Kier molecular flexibility index (Phi) is 3.32. The molecule has 6 nitrogen and oxygen atoms in total. The number of halogens is 1. The molecule has 2 N–H and O–H groups in total. The number of anilines is 1. The van der Waals surface area contributed by atoms with Crippen LogP contribution in [0.15, 0.2) is 29.4 Å². The summed E-state index contributed by atoms with van der Waals surface area (Å²) in [6.45, 7) is 1.44. The van der Waals surface area contributed by atoms with E-state index in [2.05, 4.69) is 5.10 Å². The van der Waals surface area contributed by atoms with Crippen LogP contribution in [0.3, 0.4) is 0 Å². The molecular weight excluding hydrogens is 275 g/mol. The van der Waals surface area contributed by atoms with Gasteiger partial charge in [-0.3, -0.25) is 14.6 Å². The van der Waals surface area contributed by atoms with Gasteiger partial charge in [-0.15, -0.1) is 0 Å². The van der Waals surface area contributed by atoms with Crippen molar-refractivity contribution in [3.05, 3.63) is 30.1 Å². The molecular formula is C14H15FN4O2. The van der Waals surface area contributed by atoms with Crippen LogP contribution in [0.1, 0.15) is 12.8 Å². The van der Waals surface area contributed by atoms with Crippen molar-refractivity contribution >= 4 is 23.2 Å². The summed E-state index contributed by atoms with van der Waals surface area (Å²) in [6, 6.07) is 4.85. The SMILES string of the molecule is NC(=O)C1CC(C(=O)N2CCC2)=NN1c1ccc(F)cc1. The predicted octanol–water partition coefficient (Wildman–Crippen LogP) is 0.478. The number of hydrogen-bond acceptors (Lipinski definition) is 4. The Morgan fingerprint density at radius 2 is 1.90 bits per heavy atom. The average molecular weight is 290 g/mol. The molecule has 3 rings (SSSR count). The van der Waals surface area contributed by atoms with Gasteiger partial charge in [0, 0.05) is 19.5 Å². The second-order valence-electron chi connectivity index (χ2n) is 5.14. The molecule has 1 unspecified atom stereocenters. The Bertz CT molecular complexity index is 610.